The number of aliphatic carboxylic acids is 1. The molecule has 0 bridgehead atoms. The molecule has 0 aliphatic rings. The van der Waals surface area contributed by atoms with Crippen molar-refractivity contribution >= 4 is 5.97 Å². The highest BCUT2D eigenvalue weighted by Crippen LogP contribution is 2.04. The first-order valence-electron chi connectivity index (χ1n) is 8.84. The van der Waals surface area contributed by atoms with Crippen LogP contribution in [0.5, 0.6) is 0 Å². The molecule has 0 heterocycles. The smallest absolute Gasteiger partial charge is 0.303 e. The van der Waals surface area contributed by atoms with Crippen molar-refractivity contribution in [3.05, 3.63) is 48.6 Å². The largest absolute Gasteiger partial charge is 0.481 e. The van der Waals surface area contributed by atoms with Gasteiger partial charge in [-0.3, -0.25) is 4.79 Å². The molecule has 0 aromatic rings. The average Bonchev–Trinajstić information content (AvgIpc) is 2.57. The SMILES string of the molecule is CCCCC/C=C\C/C=C\CC(/C=C/C=C\CCCC(=O)O)O[O]. The van der Waals surface area contributed by atoms with Crippen LogP contribution in [0.2, 0.25) is 0 Å². The second-order valence-electron chi connectivity index (χ2n) is 5.64. The van der Waals surface area contributed by atoms with E-state index in [1.165, 1.54) is 19.3 Å². The quantitative estimate of drug-likeness (QED) is 0.140. The van der Waals surface area contributed by atoms with Crippen LogP contribution in [0.25, 0.3) is 0 Å². The summed E-state index contributed by atoms with van der Waals surface area (Å²) in [6.07, 6.45) is 22.9. The third kappa shape index (κ3) is 16.7. The van der Waals surface area contributed by atoms with Gasteiger partial charge in [-0.05, 0) is 43.8 Å². The van der Waals surface area contributed by atoms with E-state index in [1.54, 1.807) is 12.2 Å². The van der Waals surface area contributed by atoms with Gasteiger partial charge < -0.3 is 5.11 Å². The molecule has 0 saturated heterocycles. The molecule has 0 spiro atoms. The van der Waals surface area contributed by atoms with Gasteiger partial charge in [0.15, 0.2) is 0 Å². The number of allylic oxidation sites excluding steroid dienone is 6. The highest BCUT2D eigenvalue weighted by Gasteiger charge is 2.01. The van der Waals surface area contributed by atoms with Crippen LogP contribution in [0, 0.1) is 0 Å². The predicted octanol–water partition coefficient (Wildman–Crippen LogP) is 5.56. The topological polar surface area (TPSA) is 66.4 Å². The van der Waals surface area contributed by atoms with Crippen LogP contribution in [0.4, 0.5) is 0 Å². The fourth-order valence-electron chi connectivity index (χ4n) is 2.02. The molecule has 24 heavy (non-hydrogen) atoms. The molecule has 135 valence electrons. The Bertz CT molecular complexity index is 408. The van der Waals surface area contributed by atoms with Gasteiger partial charge in [0, 0.05) is 6.42 Å². The van der Waals surface area contributed by atoms with Gasteiger partial charge in [-0.25, -0.2) is 0 Å². The number of rotatable bonds is 15. The van der Waals surface area contributed by atoms with Crippen molar-refractivity contribution < 1.29 is 20.0 Å². The zero-order valence-corrected chi connectivity index (χ0v) is 14.7. The van der Waals surface area contributed by atoms with Crippen LogP contribution >= 0.6 is 0 Å². The molecule has 0 aliphatic heterocycles. The lowest BCUT2D eigenvalue weighted by atomic mass is 10.2. The first-order chi connectivity index (χ1) is 11.7. The van der Waals surface area contributed by atoms with Crippen LogP contribution in [-0.4, -0.2) is 17.2 Å². The summed E-state index contributed by atoms with van der Waals surface area (Å²) < 4.78 is 0. The summed E-state index contributed by atoms with van der Waals surface area (Å²) in [5.41, 5.74) is 0. The fraction of sp³-hybridized carbons (Fsp3) is 0.550. The van der Waals surface area contributed by atoms with Gasteiger partial charge in [0.2, 0.25) is 0 Å². The second kappa shape index (κ2) is 17.7. The average molecular weight is 335 g/mol. The standard InChI is InChI=1S/C20H31O4/c1-2-3-4-5-6-7-8-10-13-16-19(24-23)17-14-11-9-12-15-18-20(21)22/h6-7,9-11,13-14,17,19H,2-5,8,12,15-16,18H2,1H3,(H,21,22)/b7-6-,11-9-,13-10-,17-14+. The molecule has 0 saturated carbocycles. The summed E-state index contributed by atoms with van der Waals surface area (Å²) in [4.78, 5) is 14.5. The summed E-state index contributed by atoms with van der Waals surface area (Å²) >= 11 is 0. The minimum absolute atomic E-state index is 0.179. The molecule has 1 atom stereocenters. The summed E-state index contributed by atoms with van der Waals surface area (Å²) in [7, 11) is 0. The Morgan fingerprint density at radius 3 is 2.46 bits per heavy atom. The molecule has 0 aromatic heterocycles. The zero-order valence-electron chi connectivity index (χ0n) is 14.7. The highest BCUT2D eigenvalue weighted by molar-refractivity contribution is 5.66. The molecular weight excluding hydrogens is 304 g/mol. The van der Waals surface area contributed by atoms with Crippen molar-refractivity contribution in [3.8, 4) is 0 Å². The van der Waals surface area contributed by atoms with Crippen molar-refractivity contribution in [1.29, 1.82) is 0 Å². The molecular formula is C20H31O4. The number of carbonyl (C=O) groups is 1. The number of hydrogen-bond acceptors (Lipinski definition) is 2. The van der Waals surface area contributed by atoms with E-state index in [0.29, 0.717) is 19.3 Å². The Hall–Kier alpha value is -1.65. The van der Waals surface area contributed by atoms with Crippen LogP contribution in [0.1, 0.15) is 64.7 Å². The predicted molar refractivity (Wildman–Crippen MR) is 97.0 cm³/mol. The maximum atomic E-state index is 10.6. The van der Waals surface area contributed by atoms with Crippen LogP contribution in [-0.2, 0) is 14.9 Å². The minimum atomic E-state index is -0.777. The van der Waals surface area contributed by atoms with Gasteiger partial charge in [-0.2, -0.15) is 4.89 Å². The molecule has 0 aliphatic carbocycles. The molecule has 0 rings (SSSR count). The zero-order chi connectivity index (χ0) is 17.9. The van der Waals surface area contributed by atoms with E-state index >= 15 is 0 Å². The summed E-state index contributed by atoms with van der Waals surface area (Å²) in [6.45, 7) is 2.20. The maximum Gasteiger partial charge on any atom is 0.303 e. The second-order valence-corrected chi connectivity index (χ2v) is 5.64. The molecule has 1 radical (unpaired) electrons. The Morgan fingerprint density at radius 1 is 1.00 bits per heavy atom. The number of hydrogen-bond donors (Lipinski definition) is 1. The lowest BCUT2D eigenvalue weighted by Crippen LogP contribution is -2.03. The van der Waals surface area contributed by atoms with Gasteiger partial charge in [-0.15, -0.1) is 0 Å². The molecule has 1 N–H and O–H groups in total. The van der Waals surface area contributed by atoms with E-state index in [4.69, 9.17) is 5.11 Å². The molecule has 0 fully saturated rings. The monoisotopic (exact) mass is 335 g/mol. The van der Waals surface area contributed by atoms with Gasteiger partial charge >= 0.3 is 5.97 Å². The molecule has 4 nitrogen and oxygen atoms in total. The number of carboxylic acid groups (broad SMARTS) is 1. The van der Waals surface area contributed by atoms with Crippen LogP contribution < -0.4 is 0 Å². The van der Waals surface area contributed by atoms with Gasteiger partial charge in [0.05, 0.1) is 0 Å². The van der Waals surface area contributed by atoms with E-state index in [1.807, 2.05) is 24.3 Å². The van der Waals surface area contributed by atoms with Crippen LogP contribution in [0.15, 0.2) is 48.6 Å². The normalized spacial score (nSPS) is 13.8. The van der Waals surface area contributed by atoms with E-state index in [0.717, 1.165) is 12.8 Å². The summed E-state index contributed by atoms with van der Waals surface area (Å²) in [5.74, 6) is -0.777. The highest BCUT2D eigenvalue weighted by atomic mass is 17.1. The Kier molecular flexibility index (Phi) is 16.5. The van der Waals surface area contributed by atoms with Crippen molar-refractivity contribution in [1.82, 2.24) is 0 Å². The van der Waals surface area contributed by atoms with Crippen molar-refractivity contribution in [2.45, 2.75) is 70.8 Å². The lowest BCUT2D eigenvalue weighted by Gasteiger charge is -2.02. The third-order valence-corrected chi connectivity index (χ3v) is 3.41. The Morgan fingerprint density at radius 2 is 1.75 bits per heavy atom. The molecule has 4 heteroatoms. The third-order valence-electron chi connectivity index (χ3n) is 3.41. The lowest BCUT2D eigenvalue weighted by molar-refractivity contribution is -0.323. The molecule has 0 amide bonds. The Balaban J connectivity index is 3.81. The number of unbranched alkanes of at least 4 members (excludes halogenated alkanes) is 4. The van der Waals surface area contributed by atoms with Gasteiger partial charge in [-0.1, -0.05) is 68.4 Å². The van der Waals surface area contributed by atoms with Crippen molar-refractivity contribution in [3.63, 3.8) is 0 Å². The first-order valence-corrected chi connectivity index (χ1v) is 8.84. The number of carboxylic acids is 1. The molecule has 0 aromatic carbocycles. The van der Waals surface area contributed by atoms with Gasteiger partial charge in [0.25, 0.3) is 0 Å². The van der Waals surface area contributed by atoms with E-state index in [9.17, 15) is 10.1 Å². The Labute approximate surface area is 146 Å². The van der Waals surface area contributed by atoms with Crippen molar-refractivity contribution in [2.75, 3.05) is 0 Å². The first kappa shape index (κ1) is 22.4. The fourth-order valence-corrected chi connectivity index (χ4v) is 2.02. The van der Waals surface area contributed by atoms with Gasteiger partial charge in [0.1, 0.15) is 6.10 Å². The van der Waals surface area contributed by atoms with E-state index in [2.05, 4.69) is 24.0 Å². The van der Waals surface area contributed by atoms with Crippen molar-refractivity contribution in [2.24, 2.45) is 0 Å². The minimum Gasteiger partial charge on any atom is -0.481 e. The van der Waals surface area contributed by atoms with E-state index < -0.39 is 12.1 Å². The molecule has 1 unspecified atom stereocenters. The summed E-state index contributed by atoms with van der Waals surface area (Å²) in [5, 5.41) is 19.2. The van der Waals surface area contributed by atoms with Crippen LogP contribution in [0.3, 0.4) is 0 Å². The maximum absolute atomic E-state index is 10.6. The van der Waals surface area contributed by atoms with E-state index in [-0.39, 0.29) is 6.42 Å². The summed E-state index contributed by atoms with van der Waals surface area (Å²) in [6, 6.07) is 0.